The maximum absolute atomic E-state index is 13.3. The van der Waals surface area contributed by atoms with E-state index in [1.165, 1.54) is 0 Å². The Morgan fingerprint density at radius 1 is 1.09 bits per heavy atom. The Morgan fingerprint density at radius 2 is 1.82 bits per heavy atom. The molecule has 8 nitrogen and oxygen atoms in total. The molecule has 0 unspecified atom stereocenters. The van der Waals surface area contributed by atoms with Crippen molar-refractivity contribution in [2.75, 3.05) is 33.0 Å². The number of benzene rings is 2. The Morgan fingerprint density at radius 3 is 2.56 bits per heavy atom. The van der Waals surface area contributed by atoms with Gasteiger partial charge >= 0.3 is 0 Å². The van der Waals surface area contributed by atoms with Crippen LogP contribution in [-0.2, 0) is 16.6 Å². The highest BCUT2D eigenvalue weighted by atomic mass is 32.2. The molecule has 2 aromatic carbocycles. The molecule has 0 aliphatic carbocycles. The number of piperidine rings is 1. The van der Waals surface area contributed by atoms with Crippen LogP contribution in [0.3, 0.4) is 0 Å². The topological polar surface area (TPSA) is 92.3 Å². The molecule has 0 saturated carbocycles. The van der Waals surface area contributed by atoms with Crippen LogP contribution in [0, 0.1) is 0 Å². The Balaban J connectivity index is 1.25. The van der Waals surface area contributed by atoms with Gasteiger partial charge in [0.2, 0.25) is 16.8 Å². The van der Waals surface area contributed by atoms with Gasteiger partial charge in [-0.1, -0.05) is 32.0 Å². The Labute approximate surface area is 201 Å². The van der Waals surface area contributed by atoms with Crippen LogP contribution in [0.1, 0.15) is 43.7 Å². The van der Waals surface area contributed by atoms with E-state index in [2.05, 4.69) is 24.5 Å². The molecule has 3 heterocycles. The van der Waals surface area contributed by atoms with E-state index in [0.717, 1.165) is 35.0 Å². The summed E-state index contributed by atoms with van der Waals surface area (Å²) in [4.78, 5) is 5.15. The van der Waals surface area contributed by atoms with E-state index in [-0.39, 0.29) is 12.3 Å². The van der Waals surface area contributed by atoms with E-state index in [4.69, 9.17) is 14.5 Å². The number of hydrogen-bond acceptors (Lipinski definition) is 7. The summed E-state index contributed by atoms with van der Waals surface area (Å²) >= 11 is 0. The lowest BCUT2D eigenvalue weighted by Crippen LogP contribution is -2.64. The molecule has 34 heavy (non-hydrogen) atoms. The molecule has 0 radical (unpaired) electrons. The number of nitrogens with zero attached hydrogens (tertiary/aromatic N) is 2. The average molecular weight is 485 g/mol. The highest BCUT2D eigenvalue weighted by molar-refractivity contribution is 7.89. The van der Waals surface area contributed by atoms with Crippen molar-refractivity contribution < 1.29 is 17.9 Å². The zero-order valence-electron chi connectivity index (χ0n) is 19.7. The largest absolute Gasteiger partial charge is 0.454 e. The molecule has 3 aliphatic rings. The molecule has 1 fully saturated rings. The number of nitrogens with one attached hydrogen (secondary N) is 2. The van der Waals surface area contributed by atoms with Crippen molar-refractivity contribution in [1.82, 2.24) is 14.9 Å². The van der Waals surface area contributed by atoms with Crippen molar-refractivity contribution in [1.29, 1.82) is 0 Å². The van der Waals surface area contributed by atoms with E-state index in [9.17, 15) is 8.42 Å². The molecule has 9 heteroatoms. The Bertz CT molecular complexity index is 1170. The van der Waals surface area contributed by atoms with Gasteiger partial charge in [0.05, 0.1) is 17.0 Å². The lowest BCUT2D eigenvalue weighted by atomic mass is 9.85. The first kappa shape index (κ1) is 23.1. The van der Waals surface area contributed by atoms with Gasteiger partial charge in [-0.2, -0.15) is 4.31 Å². The highest BCUT2D eigenvalue weighted by Crippen LogP contribution is 2.33. The molecule has 2 aromatic rings. The van der Waals surface area contributed by atoms with Crippen LogP contribution in [0.2, 0.25) is 0 Å². The van der Waals surface area contributed by atoms with Crippen LogP contribution in [0.4, 0.5) is 0 Å². The molecule has 0 bridgehead atoms. The standard InChI is InChI=1S/C25H32N4O4S/c1-18(2)20-4-6-21(7-5-20)34(30,31)29-13-9-25(10-14-29)24(26-11-12-28-25)27-16-19-3-8-22-23(15-19)33-17-32-22/h3-8,15,18,28H,9-14,16-17H2,1-2H3,(H,26,27). The number of aliphatic imine (C=N–C) groups is 1. The second-order valence-corrected chi connectivity index (χ2v) is 11.3. The molecule has 3 aliphatic heterocycles. The van der Waals surface area contributed by atoms with Crippen LogP contribution in [0.5, 0.6) is 11.5 Å². The molecule has 0 atom stereocenters. The van der Waals surface area contributed by atoms with Gasteiger partial charge in [0.15, 0.2) is 11.5 Å². The predicted molar refractivity (Wildman–Crippen MR) is 131 cm³/mol. The minimum absolute atomic E-state index is 0.257. The minimum Gasteiger partial charge on any atom is -0.454 e. The summed E-state index contributed by atoms with van der Waals surface area (Å²) in [5.41, 5.74) is 1.89. The van der Waals surface area contributed by atoms with E-state index >= 15 is 0 Å². The smallest absolute Gasteiger partial charge is 0.243 e. The first-order valence-corrected chi connectivity index (χ1v) is 13.3. The summed E-state index contributed by atoms with van der Waals surface area (Å²) in [5.74, 6) is 2.81. The van der Waals surface area contributed by atoms with Crippen LogP contribution in [0.25, 0.3) is 0 Å². The molecular weight excluding hydrogens is 452 g/mol. The van der Waals surface area contributed by atoms with Gasteiger partial charge in [-0.05, 0) is 54.2 Å². The fourth-order valence-electron chi connectivity index (χ4n) is 4.86. The second-order valence-electron chi connectivity index (χ2n) is 9.41. The third-order valence-corrected chi connectivity index (χ3v) is 8.87. The fourth-order valence-corrected chi connectivity index (χ4v) is 6.30. The van der Waals surface area contributed by atoms with Crippen molar-refractivity contribution >= 4 is 15.9 Å². The van der Waals surface area contributed by atoms with Crippen LogP contribution in [0.15, 0.2) is 52.4 Å². The van der Waals surface area contributed by atoms with Crippen LogP contribution < -0.4 is 20.1 Å². The summed E-state index contributed by atoms with van der Waals surface area (Å²) in [7, 11) is -3.52. The van der Waals surface area contributed by atoms with Crippen molar-refractivity contribution in [3.8, 4) is 11.5 Å². The van der Waals surface area contributed by atoms with Crippen LogP contribution >= 0.6 is 0 Å². The summed E-state index contributed by atoms with van der Waals surface area (Å²) < 4.78 is 39.0. The van der Waals surface area contributed by atoms with Crippen molar-refractivity contribution in [3.63, 3.8) is 0 Å². The van der Waals surface area contributed by atoms with Crippen LogP contribution in [-0.4, -0.2) is 57.1 Å². The molecule has 0 amide bonds. The highest BCUT2D eigenvalue weighted by Gasteiger charge is 2.43. The zero-order valence-corrected chi connectivity index (χ0v) is 20.5. The number of fused-ring (bicyclic) bond motifs is 1. The lowest BCUT2D eigenvalue weighted by Gasteiger charge is -2.44. The predicted octanol–water partition coefficient (Wildman–Crippen LogP) is 2.85. The fraction of sp³-hybridized carbons (Fsp3) is 0.480. The van der Waals surface area contributed by atoms with Crippen molar-refractivity contribution in [2.45, 2.75) is 49.6 Å². The quantitative estimate of drug-likeness (QED) is 0.678. The van der Waals surface area contributed by atoms with Gasteiger partial charge in [-0.3, -0.25) is 4.99 Å². The number of hydrogen-bond donors (Lipinski definition) is 2. The normalized spacial score (nSPS) is 19.9. The number of sulfonamides is 1. The molecule has 1 saturated heterocycles. The molecule has 0 aromatic heterocycles. The second kappa shape index (κ2) is 9.20. The molecule has 182 valence electrons. The molecule has 2 N–H and O–H groups in total. The number of ether oxygens (including phenoxy) is 2. The monoisotopic (exact) mass is 484 g/mol. The van der Waals surface area contributed by atoms with Gasteiger partial charge in [0.25, 0.3) is 0 Å². The van der Waals surface area contributed by atoms with Crippen molar-refractivity contribution in [2.24, 2.45) is 4.99 Å². The molecule has 1 spiro atoms. The summed E-state index contributed by atoms with van der Waals surface area (Å²) in [6.45, 7) is 7.47. The van der Waals surface area contributed by atoms with E-state index in [1.54, 1.807) is 16.4 Å². The summed E-state index contributed by atoms with van der Waals surface area (Å²) in [6, 6.07) is 13.2. The van der Waals surface area contributed by atoms with Gasteiger partial charge < -0.3 is 20.1 Å². The zero-order chi connectivity index (χ0) is 23.8. The summed E-state index contributed by atoms with van der Waals surface area (Å²) in [6.07, 6.45) is 1.34. The van der Waals surface area contributed by atoms with E-state index < -0.39 is 10.0 Å². The first-order chi connectivity index (χ1) is 16.4. The molecular formula is C25H32N4O4S. The van der Waals surface area contributed by atoms with E-state index in [0.29, 0.717) is 49.8 Å². The number of rotatable bonds is 5. The average Bonchev–Trinajstić information content (AvgIpc) is 3.32. The van der Waals surface area contributed by atoms with Crippen molar-refractivity contribution in [3.05, 3.63) is 53.6 Å². The lowest BCUT2D eigenvalue weighted by molar-refractivity contribution is 0.174. The summed E-state index contributed by atoms with van der Waals surface area (Å²) in [5, 5.41) is 7.15. The maximum atomic E-state index is 13.3. The Kier molecular flexibility index (Phi) is 6.26. The molecule has 5 rings (SSSR count). The van der Waals surface area contributed by atoms with Gasteiger partial charge in [-0.15, -0.1) is 0 Å². The van der Waals surface area contributed by atoms with Gasteiger partial charge in [-0.25, -0.2) is 8.42 Å². The van der Waals surface area contributed by atoms with Gasteiger partial charge in [0.1, 0.15) is 5.84 Å². The maximum Gasteiger partial charge on any atom is 0.243 e. The third kappa shape index (κ3) is 4.39. The van der Waals surface area contributed by atoms with E-state index in [1.807, 2.05) is 30.3 Å². The SMILES string of the molecule is CC(C)c1ccc(S(=O)(=O)N2CCC3(CC2)NCCN=C3NCc2ccc3c(c2)OCO3)cc1. The minimum atomic E-state index is -3.52. The first-order valence-electron chi connectivity index (χ1n) is 11.9. The number of amidine groups is 1. The van der Waals surface area contributed by atoms with Gasteiger partial charge in [0, 0.05) is 26.2 Å². The third-order valence-electron chi connectivity index (χ3n) is 6.96. The Hall–Kier alpha value is -2.62.